The second-order valence-corrected chi connectivity index (χ2v) is 5.44. The number of likely N-dealkylation sites (tertiary alicyclic amines) is 1. The highest BCUT2D eigenvalue weighted by Crippen LogP contribution is 2.30. The molecule has 1 aromatic carbocycles. The fraction of sp³-hybridized carbons (Fsp3) is 0.438. The van der Waals surface area contributed by atoms with Gasteiger partial charge in [0.05, 0.1) is 17.7 Å². The lowest BCUT2D eigenvalue weighted by atomic mass is 9.91. The van der Waals surface area contributed by atoms with Gasteiger partial charge < -0.3 is 9.64 Å². The van der Waals surface area contributed by atoms with E-state index in [2.05, 4.69) is 10.2 Å². The number of H-pyrrole nitrogens is 1. The van der Waals surface area contributed by atoms with Crippen molar-refractivity contribution in [3.8, 4) is 0 Å². The predicted molar refractivity (Wildman–Crippen MR) is 82.9 cm³/mol. The molecule has 22 heavy (non-hydrogen) atoms. The molecule has 3 rings (SSSR count). The van der Waals surface area contributed by atoms with Crippen LogP contribution in [0.15, 0.2) is 29.1 Å². The second kappa shape index (κ2) is 6.17. The third-order valence-corrected chi connectivity index (χ3v) is 4.13. The minimum atomic E-state index is -0.250. The van der Waals surface area contributed by atoms with Crippen molar-refractivity contribution in [1.29, 1.82) is 0 Å². The summed E-state index contributed by atoms with van der Waals surface area (Å²) in [6.07, 6.45) is 1.39. The Hall–Kier alpha value is -2.37. The third-order valence-electron chi connectivity index (χ3n) is 4.13. The van der Waals surface area contributed by atoms with E-state index in [9.17, 15) is 9.59 Å². The number of nitrogens with zero attached hydrogens (tertiary/aromatic N) is 2. The zero-order chi connectivity index (χ0) is 15.5. The monoisotopic (exact) mass is 301 g/mol. The van der Waals surface area contributed by atoms with Crippen LogP contribution in [0.5, 0.6) is 0 Å². The SMILES string of the molecule is CCOC(=O)N1CCC(c2n[nH]c(=O)c3ccccc23)CC1. The smallest absolute Gasteiger partial charge is 0.409 e. The number of aromatic nitrogens is 2. The van der Waals surface area contributed by atoms with E-state index in [0.717, 1.165) is 23.9 Å². The number of carbonyl (C=O) groups excluding carboxylic acids is 1. The van der Waals surface area contributed by atoms with Crippen LogP contribution in [0.2, 0.25) is 0 Å². The van der Waals surface area contributed by atoms with Crippen molar-refractivity contribution in [3.05, 3.63) is 40.3 Å². The minimum Gasteiger partial charge on any atom is -0.450 e. The number of amides is 1. The van der Waals surface area contributed by atoms with E-state index in [-0.39, 0.29) is 17.6 Å². The molecule has 0 spiro atoms. The van der Waals surface area contributed by atoms with Crippen molar-refractivity contribution in [2.24, 2.45) is 0 Å². The van der Waals surface area contributed by atoms with Crippen molar-refractivity contribution < 1.29 is 9.53 Å². The van der Waals surface area contributed by atoms with Gasteiger partial charge in [0.25, 0.3) is 5.56 Å². The fourth-order valence-electron chi connectivity index (χ4n) is 3.00. The van der Waals surface area contributed by atoms with Crippen LogP contribution in [0.1, 0.15) is 31.4 Å². The number of nitrogens with one attached hydrogen (secondary N) is 1. The van der Waals surface area contributed by atoms with Gasteiger partial charge in [0.1, 0.15) is 0 Å². The average molecular weight is 301 g/mol. The molecule has 1 aromatic heterocycles. The van der Waals surface area contributed by atoms with Crippen molar-refractivity contribution in [2.75, 3.05) is 19.7 Å². The number of hydrogen-bond donors (Lipinski definition) is 1. The summed E-state index contributed by atoms with van der Waals surface area (Å²) in [5, 5.41) is 8.42. The lowest BCUT2D eigenvalue weighted by Crippen LogP contribution is -2.38. The van der Waals surface area contributed by atoms with Crippen LogP contribution in [-0.2, 0) is 4.74 Å². The summed E-state index contributed by atoms with van der Waals surface area (Å²) >= 11 is 0. The Labute approximate surface area is 128 Å². The Balaban J connectivity index is 1.81. The highest BCUT2D eigenvalue weighted by Gasteiger charge is 2.26. The van der Waals surface area contributed by atoms with Crippen LogP contribution in [0.3, 0.4) is 0 Å². The van der Waals surface area contributed by atoms with Gasteiger partial charge in [-0.05, 0) is 25.8 Å². The average Bonchev–Trinajstić information content (AvgIpc) is 2.56. The Kier molecular flexibility index (Phi) is 4.09. The summed E-state index contributed by atoms with van der Waals surface area (Å²) in [5.41, 5.74) is 0.752. The lowest BCUT2D eigenvalue weighted by molar-refractivity contribution is 0.0969. The van der Waals surface area contributed by atoms with E-state index in [0.29, 0.717) is 25.1 Å². The van der Waals surface area contributed by atoms with Gasteiger partial charge >= 0.3 is 6.09 Å². The van der Waals surface area contributed by atoms with E-state index >= 15 is 0 Å². The first kappa shape index (κ1) is 14.6. The maximum Gasteiger partial charge on any atom is 0.409 e. The Morgan fingerprint density at radius 3 is 2.68 bits per heavy atom. The molecule has 1 N–H and O–H groups in total. The number of hydrogen-bond acceptors (Lipinski definition) is 4. The van der Waals surface area contributed by atoms with Crippen molar-refractivity contribution in [1.82, 2.24) is 15.1 Å². The normalized spacial score (nSPS) is 16.0. The first-order chi connectivity index (χ1) is 10.7. The molecule has 1 amide bonds. The maximum absolute atomic E-state index is 11.8. The molecule has 1 aliphatic rings. The first-order valence-electron chi connectivity index (χ1n) is 7.59. The van der Waals surface area contributed by atoms with Gasteiger partial charge in [0.2, 0.25) is 0 Å². The van der Waals surface area contributed by atoms with Crippen molar-refractivity contribution in [2.45, 2.75) is 25.7 Å². The summed E-state index contributed by atoms with van der Waals surface area (Å²) in [6.45, 7) is 3.50. The Morgan fingerprint density at radius 2 is 2.00 bits per heavy atom. The van der Waals surface area contributed by atoms with Gasteiger partial charge in [-0.1, -0.05) is 18.2 Å². The number of aromatic amines is 1. The Bertz CT molecular complexity index is 733. The molecule has 0 bridgehead atoms. The first-order valence-corrected chi connectivity index (χ1v) is 7.59. The predicted octanol–water partition coefficient (Wildman–Crippen LogP) is 2.26. The lowest BCUT2D eigenvalue weighted by Gasteiger charge is -2.31. The summed E-state index contributed by atoms with van der Waals surface area (Å²) in [6, 6.07) is 7.52. The second-order valence-electron chi connectivity index (χ2n) is 5.44. The zero-order valence-corrected chi connectivity index (χ0v) is 12.5. The molecule has 6 heteroatoms. The van der Waals surface area contributed by atoms with Gasteiger partial charge in [-0.25, -0.2) is 9.89 Å². The molecular formula is C16H19N3O3. The van der Waals surface area contributed by atoms with Gasteiger partial charge in [-0.15, -0.1) is 0 Å². The highest BCUT2D eigenvalue weighted by atomic mass is 16.6. The number of carbonyl (C=O) groups is 1. The van der Waals surface area contributed by atoms with E-state index in [4.69, 9.17) is 4.74 Å². The molecule has 6 nitrogen and oxygen atoms in total. The van der Waals surface area contributed by atoms with Gasteiger partial charge in [-0.2, -0.15) is 5.10 Å². The van der Waals surface area contributed by atoms with E-state index in [1.165, 1.54) is 0 Å². The number of rotatable bonds is 2. The quantitative estimate of drug-likeness (QED) is 0.923. The molecule has 2 heterocycles. The molecule has 0 radical (unpaired) electrons. The number of fused-ring (bicyclic) bond motifs is 1. The molecule has 1 fully saturated rings. The topological polar surface area (TPSA) is 75.3 Å². The zero-order valence-electron chi connectivity index (χ0n) is 12.5. The molecule has 1 aliphatic heterocycles. The number of benzene rings is 1. The molecular weight excluding hydrogens is 282 g/mol. The van der Waals surface area contributed by atoms with E-state index in [1.807, 2.05) is 24.3 Å². The van der Waals surface area contributed by atoms with Crippen LogP contribution < -0.4 is 5.56 Å². The fourth-order valence-corrected chi connectivity index (χ4v) is 3.00. The number of piperidine rings is 1. The molecule has 2 aromatic rings. The maximum atomic E-state index is 11.8. The molecule has 0 aliphatic carbocycles. The van der Waals surface area contributed by atoms with E-state index < -0.39 is 0 Å². The van der Waals surface area contributed by atoms with Gasteiger partial charge in [0, 0.05) is 24.4 Å². The minimum absolute atomic E-state index is 0.164. The van der Waals surface area contributed by atoms with Gasteiger partial charge in [-0.3, -0.25) is 4.79 Å². The van der Waals surface area contributed by atoms with Crippen LogP contribution in [0, 0.1) is 0 Å². The molecule has 1 saturated heterocycles. The summed E-state index contributed by atoms with van der Waals surface area (Å²) < 4.78 is 5.03. The van der Waals surface area contributed by atoms with Gasteiger partial charge in [0.15, 0.2) is 0 Å². The molecule has 116 valence electrons. The summed E-state index contributed by atoms with van der Waals surface area (Å²) in [4.78, 5) is 25.3. The third kappa shape index (κ3) is 2.68. The van der Waals surface area contributed by atoms with Crippen molar-refractivity contribution in [3.63, 3.8) is 0 Å². The summed E-state index contributed by atoms with van der Waals surface area (Å²) in [7, 11) is 0. The molecule has 0 unspecified atom stereocenters. The largest absolute Gasteiger partial charge is 0.450 e. The molecule has 0 atom stereocenters. The number of ether oxygens (including phenoxy) is 1. The van der Waals surface area contributed by atoms with E-state index in [1.54, 1.807) is 11.8 Å². The molecule has 0 saturated carbocycles. The Morgan fingerprint density at radius 1 is 1.32 bits per heavy atom. The highest BCUT2D eigenvalue weighted by molar-refractivity contribution is 5.83. The van der Waals surface area contributed by atoms with Crippen molar-refractivity contribution >= 4 is 16.9 Å². The standard InChI is InChI=1S/C16H19N3O3/c1-2-22-16(21)19-9-7-11(8-10-19)14-12-5-3-4-6-13(12)15(20)18-17-14/h3-6,11H,2,7-10H2,1H3,(H,18,20). The van der Waals surface area contributed by atoms with Crippen LogP contribution in [0.25, 0.3) is 10.8 Å². The van der Waals surface area contributed by atoms with Crippen LogP contribution >= 0.6 is 0 Å². The van der Waals surface area contributed by atoms with Crippen LogP contribution in [0.4, 0.5) is 4.79 Å². The van der Waals surface area contributed by atoms with Crippen LogP contribution in [-0.4, -0.2) is 40.9 Å². The summed E-state index contributed by atoms with van der Waals surface area (Å²) in [5.74, 6) is 0.243.